The third-order valence-corrected chi connectivity index (χ3v) is 3.95. The Morgan fingerprint density at radius 1 is 1.53 bits per heavy atom. The topological polar surface area (TPSA) is 65.1 Å². The van der Waals surface area contributed by atoms with E-state index in [0.717, 1.165) is 5.06 Å². The average molecular weight is 235 g/mol. The van der Waals surface area contributed by atoms with Crippen LogP contribution < -0.4 is 0 Å². The molecule has 1 amide bonds. The van der Waals surface area contributed by atoms with E-state index in [2.05, 4.69) is 11.4 Å². The van der Waals surface area contributed by atoms with E-state index >= 15 is 0 Å². The minimum Gasteiger partial charge on any atom is -0.303 e. The first-order valence-corrected chi connectivity index (χ1v) is 5.92. The van der Waals surface area contributed by atoms with Gasteiger partial charge >= 0.3 is 7.60 Å². The molecule has 1 heterocycles. The van der Waals surface area contributed by atoms with E-state index < -0.39 is 7.60 Å². The van der Waals surface area contributed by atoms with Gasteiger partial charge < -0.3 is 9.05 Å². The molecule has 1 rings (SSSR count). The van der Waals surface area contributed by atoms with Crippen LogP contribution >= 0.6 is 7.60 Å². The van der Waals surface area contributed by atoms with Crippen LogP contribution in [0, 0.1) is 0 Å². The minimum absolute atomic E-state index is 0.110. The molecule has 0 spiro atoms. The van der Waals surface area contributed by atoms with Gasteiger partial charge in [-0.25, -0.2) is 5.06 Å². The lowest BCUT2D eigenvalue weighted by Crippen LogP contribution is -2.25. The second-order valence-electron chi connectivity index (χ2n) is 2.98. The van der Waals surface area contributed by atoms with Gasteiger partial charge in [-0.15, -0.1) is 0 Å². The van der Waals surface area contributed by atoms with E-state index in [4.69, 9.17) is 9.05 Å². The summed E-state index contributed by atoms with van der Waals surface area (Å²) in [5.74, 6) is -0.350. The van der Waals surface area contributed by atoms with Crippen molar-refractivity contribution < 1.29 is 23.2 Å². The van der Waals surface area contributed by atoms with Crippen molar-refractivity contribution in [3.05, 3.63) is 11.9 Å². The molecule has 86 valence electrons. The molecule has 0 saturated carbocycles. The van der Waals surface area contributed by atoms with Gasteiger partial charge in [-0.1, -0.05) is 6.58 Å². The normalized spacial score (nSPS) is 18.8. The van der Waals surface area contributed by atoms with Crippen molar-refractivity contribution in [1.82, 2.24) is 5.06 Å². The van der Waals surface area contributed by atoms with Crippen LogP contribution in [0.3, 0.4) is 0 Å². The summed E-state index contributed by atoms with van der Waals surface area (Å²) in [6, 6.07) is 0. The van der Waals surface area contributed by atoms with Crippen molar-refractivity contribution in [3.8, 4) is 0 Å². The fourth-order valence-electron chi connectivity index (χ4n) is 1.02. The molecule has 1 saturated heterocycles. The minimum atomic E-state index is -3.26. The molecule has 0 unspecified atom stereocenters. The molecule has 7 heteroatoms. The zero-order valence-electron chi connectivity index (χ0n) is 8.76. The number of hydroxylamine groups is 2. The highest BCUT2D eigenvalue weighted by Crippen LogP contribution is 2.59. The van der Waals surface area contributed by atoms with Gasteiger partial charge in [-0.2, -0.15) is 0 Å². The van der Waals surface area contributed by atoms with Crippen molar-refractivity contribution in [2.24, 2.45) is 0 Å². The molecule has 0 radical (unpaired) electrons. The lowest BCUT2D eigenvalue weighted by Gasteiger charge is -2.16. The van der Waals surface area contributed by atoms with Gasteiger partial charge in [0.2, 0.25) is 0 Å². The summed E-state index contributed by atoms with van der Waals surface area (Å²) in [6.07, 6.45) is -0.110. The Hall–Kier alpha value is -0.680. The molecule has 0 aliphatic carbocycles. The van der Waals surface area contributed by atoms with Gasteiger partial charge in [0.1, 0.15) is 0 Å². The summed E-state index contributed by atoms with van der Waals surface area (Å²) >= 11 is 0. The van der Waals surface area contributed by atoms with Crippen LogP contribution in [0.25, 0.3) is 0 Å². The number of rotatable bonds is 4. The third kappa shape index (κ3) is 2.89. The van der Waals surface area contributed by atoms with Crippen LogP contribution in [0.4, 0.5) is 0 Å². The summed E-state index contributed by atoms with van der Waals surface area (Å²) in [4.78, 5) is 16.1. The Balaban J connectivity index is 2.55. The lowest BCUT2D eigenvalue weighted by atomic mass is 10.4. The third-order valence-electron chi connectivity index (χ3n) is 1.97. The van der Waals surface area contributed by atoms with Crippen molar-refractivity contribution in [3.63, 3.8) is 0 Å². The van der Waals surface area contributed by atoms with Crippen LogP contribution in [-0.4, -0.2) is 38.3 Å². The Morgan fingerprint density at radius 3 is 2.53 bits per heavy atom. The molecule has 1 fully saturated rings. The quantitative estimate of drug-likeness (QED) is 0.540. The fourth-order valence-corrected chi connectivity index (χ4v) is 2.42. The zero-order valence-corrected chi connectivity index (χ0v) is 9.66. The number of carbonyl (C=O) groups excluding carboxylic acids is 1. The van der Waals surface area contributed by atoms with Gasteiger partial charge in [0, 0.05) is 12.4 Å². The van der Waals surface area contributed by atoms with Crippen LogP contribution in [0.5, 0.6) is 0 Å². The Kier molecular flexibility index (Phi) is 4.04. The van der Waals surface area contributed by atoms with E-state index in [0.29, 0.717) is 0 Å². The van der Waals surface area contributed by atoms with Crippen molar-refractivity contribution in [1.29, 1.82) is 0 Å². The van der Waals surface area contributed by atoms with Crippen LogP contribution in [0.2, 0.25) is 0 Å². The monoisotopic (exact) mass is 235 g/mol. The smallest absolute Gasteiger partial charge is 0.303 e. The van der Waals surface area contributed by atoms with E-state index in [1.165, 1.54) is 14.2 Å². The van der Waals surface area contributed by atoms with E-state index in [9.17, 15) is 9.36 Å². The summed E-state index contributed by atoms with van der Waals surface area (Å²) in [5, 5.41) is 1.20. The SMILES string of the molecule is C=C(CC(=O)N(C)OC)P1(=O)OCCO1. The first-order valence-electron chi connectivity index (χ1n) is 4.38. The van der Waals surface area contributed by atoms with Gasteiger partial charge in [-0.3, -0.25) is 14.2 Å². The molecule has 0 bridgehead atoms. The molecule has 0 aromatic heterocycles. The van der Waals surface area contributed by atoms with Gasteiger partial charge in [0.05, 0.1) is 26.7 Å². The maximum absolute atomic E-state index is 11.8. The zero-order chi connectivity index (χ0) is 11.5. The maximum atomic E-state index is 11.8. The van der Waals surface area contributed by atoms with Crippen LogP contribution in [0.1, 0.15) is 6.42 Å². The van der Waals surface area contributed by atoms with Crippen LogP contribution in [0.15, 0.2) is 11.9 Å². The summed E-state index contributed by atoms with van der Waals surface area (Å²) in [5.41, 5.74) is 0. The van der Waals surface area contributed by atoms with Crippen molar-refractivity contribution in [2.75, 3.05) is 27.4 Å². The number of amides is 1. The second kappa shape index (κ2) is 4.90. The molecule has 0 aromatic rings. The predicted octanol–water partition coefficient (Wildman–Crippen LogP) is 1.15. The van der Waals surface area contributed by atoms with Crippen LogP contribution in [-0.2, 0) is 23.2 Å². The first kappa shape index (κ1) is 12.4. The average Bonchev–Trinajstić information content (AvgIpc) is 2.65. The largest absolute Gasteiger partial charge is 0.357 e. The molecule has 0 N–H and O–H groups in total. The number of carbonyl (C=O) groups is 1. The number of hydrogen-bond donors (Lipinski definition) is 0. The Morgan fingerprint density at radius 2 is 2.07 bits per heavy atom. The highest BCUT2D eigenvalue weighted by Gasteiger charge is 2.34. The molecule has 6 nitrogen and oxygen atoms in total. The molecule has 1 aliphatic heterocycles. The molecule has 1 aliphatic rings. The maximum Gasteiger partial charge on any atom is 0.357 e. The Labute approximate surface area is 88.3 Å². The van der Waals surface area contributed by atoms with Gasteiger partial charge in [0.15, 0.2) is 0 Å². The van der Waals surface area contributed by atoms with Gasteiger partial charge in [-0.05, 0) is 0 Å². The molecular weight excluding hydrogens is 221 g/mol. The predicted molar refractivity (Wildman–Crippen MR) is 53.0 cm³/mol. The fraction of sp³-hybridized carbons (Fsp3) is 0.625. The highest BCUT2D eigenvalue weighted by molar-refractivity contribution is 7.58. The van der Waals surface area contributed by atoms with E-state index in [1.54, 1.807) is 0 Å². The lowest BCUT2D eigenvalue weighted by molar-refractivity contribution is -0.167. The highest BCUT2D eigenvalue weighted by atomic mass is 31.2. The molecular formula is C8H14NO5P. The molecule has 15 heavy (non-hydrogen) atoms. The van der Waals surface area contributed by atoms with Crippen molar-refractivity contribution in [2.45, 2.75) is 6.42 Å². The number of nitrogens with zero attached hydrogens (tertiary/aromatic N) is 1. The standard InChI is InChI=1S/C8H14NO5P/c1-7(6-8(10)9(2)12-3)15(11)13-4-5-14-15/h1,4-6H2,2-3H3. The second-order valence-corrected chi connectivity index (χ2v) is 5.12. The molecule has 0 atom stereocenters. The summed E-state index contributed by atoms with van der Waals surface area (Å²) < 4.78 is 21.7. The number of hydrogen-bond acceptors (Lipinski definition) is 5. The van der Waals surface area contributed by atoms with E-state index in [-0.39, 0.29) is 30.9 Å². The van der Waals surface area contributed by atoms with Gasteiger partial charge in [0.25, 0.3) is 5.91 Å². The summed E-state index contributed by atoms with van der Waals surface area (Å²) in [6.45, 7) is 4.09. The molecule has 0 aromatic carbocycles. The summed E-state index contributed by atoms with van der Waals surface area (Å²) in [7, 11) is -0.436. The first-order chi connectivity index (χ1) is 6.99. The van der Waals surface area contributed by atoms with E-state index in [1.807, 2.05) is 0 Å². The van der Waals surface area contributed by atoms with Crippen molar-refractivity contribution >= 4 is 13.5 Å². The Bertz CT molecular complexity index is 306.